The van der Waals surface area contributed by atoms with Crippen LogP contribution in [-0.4, -0.2) is 37.7 Å². The molecule has 0 bridgehead atoms. The summed E-state index contributed by atoms with van der Waals surface area (Å²) in [6.07, 6.45) is 4.60. The largest absolute Gasteiger partial charge is 0.493 e. The minimum absolute atomic E-state index is 0.123. The van der Waals surface area contributed by atoms with Crippen LogP contribution < -0.4 is 14.8 Å². The summed E-state index contributed by atoms with van der Waals surface area (Å²) in [5.74, 6) is 0.575. The van der Waals surface area contributed by atoms with Gasteiger partial charge in [-0.3, -0.25) is 4.79 Å². The van der Waals surface area contributed by atoms with Crippen LogP contribution in [0.25, 0.3) is 6.08 Å². The topological polar surface area (TPSA) is 73.9 Å². The van der Waals surface area contributed by atoms with Gasteiger partial charge in [0.05, 0.1) is 6.61 Å². The van der Waals surface area contributed by atoms with Crippen molar-refractivity contribution in [2.45, 2.75) is 39.7 Å². The average Bonchev–Trinajstić information content (AvgIpc) is 3.11. The molecule has 31 heavy (non-hydrogen) atoms. The van der Waals surface area contributed by atoms with Crippen molar-refractivity contribution in [1.82, 2.24) is 5.32 Å². The van der Waals surface area contributed by atoms with Crippen molar-refractivity contribution in [2.24, 2.45) is 0 Å². The van der Waals surface area contributed by atoms with Crippen LogP contribution in [-0.2, 0) is 27.2 Å². The summed E-state index contributed by atoms with van der Waals surface area (Å²) in [5.41, 5.74) is 4.19. The minimum atomic E-state index is -0.591. The number of amides is 1. The van der Waals surface area contributed by atoms with Crippen LogP contribution in [0.15, 0.2) is 42.5 Å². The highest BCUT2D eigenvalue weighted by Crippen LogP contribution is 2.35. The number of esters is 1. The van der Waals surface area contributed by atoms with Gasteiger partial charge in [-0.15, -0.1) is 0 Å². The van der Waals surface area contributed by atoms with E-state index in [0.29, 0.717) is 18.9 Å². The second kappa shape index (κ2) is 10.7. The second-order valence-corrected chi connectivity index (χ2v) is 7.53. The van der Waals surface area contributed by atoms with Crippen LogP contribution >= 0.6 is 0 Å². The Hall–Kier alpha value is -3.28. The Bertz CT molecular complexity index is 966. The van der Waals surface area contributed by atoms with Gasteiger partial charge in [0.15, 0.2) is 6.61 Å². The highest BCUT2D eigenvalue weighted by Gasteiger charge is 2.21. The zero-order valence-electron chi connectivity index (χ0n) is 18.3. The molecule has 6 nitrogen and oxygen atoms in total. The van der Waals surface area contributed by atoms with Crippen LogP contribution in [0.2, 0.25) is 0 Å². The lowest BCUT2D eigenvalue weighted by molar-refractivity contribution is -0.143. The first kappa shape index (κ1) is 22.4. The highest BCUT2D eigenvalue weighted by atomic mass is 16.5. The summed E-state index contributed by atoms with van der Waals surface area (Å²) in [4.78, 5) is 24.0. The molecule has 0 unspecified atom stereocenters. The Morgan fingerprint density at radius 1 is 1.26 bits per heavy atom. The molecule has 0 aromatic heterocycles. The molecule has 6 heteroatoms. The molecular formula is C25H29NO5. The summed E-state index contributed by atoms with van der Waals surface area (Å²) in [5, 5.41) is 2.77. The molecule has 0 saturated heterocycles. The molecule has 1 N–H and O–H groups in total. The standard InChI is InChI=1S/C25H29NO5/c1-4-29-22-15-21-13-18(3)31-23(21)14-20(22)9-10-25(28)30-16-24(27)26-12-11-19-8-6-5-7-17(19)2/h5-10,14-15,18H,4,11-13,16H2,1-3H3,(H,26,27)/b10-9+/t18-/m1/s1. The van der Waals surface area contributed by atoms with E-state index in [1.807, 2.05) is 57.2 Å². The van der Waals surface area contributed by atoms with Crippen LogP contribution in [0.3, 0.4) is 0 Å². The highest BCUT2D eigenvalue weighted by molar-refractivity contribution is 5.89. The maximum Gasteiger partial charge on any atom is 0.331 e. The molecule has 1 aliphatic rings. The molecule has 0 fully saturated rings. The molecule has 1 aliphatic heterocycles. The van der Waals surface area contributed by atoms with Crippen molar-refractivity contribution in [3.05, 3.63) is 64.7 Å². The maximum atomic E-state index is 12.1. The summed E-state index contributed by atoms with van der Waals surface area (Å²) in [7, 11) is 0. The van der Waals surface area contributed by atoms with Crippen LogP contribution in [0.1, 0.15) is 36.1 Å². The van der Waals surface area contributed by atoms with E-state index in [0.717, 1.165) is 29.7 Å². The number of carbonyl (C=O) groups is 2. The quantitative estimate of drug-likeness (QED) is 0.492. The number of ether oxygens (including phenoxy) is 3. The zero-order chi connectivity index (χ0) is 22.2. The fourth-order valence-electron chi connectivity index (χ4n) is 3.49. The van der Waals surface area contributed by atoms with Crippen molar-refractivity contribution in [1.29, 1.82) is 0 Å². The van der Waals surface area contributed by atoms with Gasteiger partial charge in [-0.05, 0) is 56.5 Å². The van der Waals surface area contributed by atoms with Gasteiger partial charge in [0.25, 0.3) is 5.91 Å². The third-order valence-corrected chi connectivity index (χ3v) is 5.05. The van der Waals surface area contributed by atoms with Crippen molar-refractivity contribution in [3.8, 4) is 11.5 Å². The molecule has 1 atom stereocenters. The van der Waals surface area contributed by atoms with E-state index < -0.39 is 5.97 Å². The van der Waals surface area contributed by atoms with Crippen LogP contribution in [0, 0.1) is 6.92 Å². The van der Waals surface area contributed by atoms with Crippen LogP contribution in [0.4, 0.5) is 0 Å². The molecule has 2 aromatic rings. The number of benzene rings is 2. The van der Waals surface area contributed by atoms with Crippen molar-refractivity contribution in [2.75, 3.05) is 19.8 Å². The third kappa shape index (κ3) is 6.35. The Morgan fingerprint density at radius 3 is 2.84 bits per heavy atom. The smallest absolute Gasteiger partial charge is 0.331 e. The number of hydrogen-bond acceptors (Lipinski definition) is 5. The molecule has 2 aromatic carbocycles. The van der Waals surface area contributed by atoms with Crippen molar-refractivity contribution < 1.29 is 23.8 Å². The lowest BCUT2D eigenvalue weighted by atomic mass is 10.1. The van der Waals surface area contributed by atoms with E-state index in [9.17, 15) is 9.59 Å². The number of carbonyl (C=O) groups excluding carboxylic acids is 2. The Morgan fingerprint density at radius 2 is 2.06 bits per heavy atom. The number of rotatable bonds is 9. The molecule has 0 radical (unpaired) electrons. The van der Waals surface area contributed by atoms with E-state index in [-0.39, 0.29) is 18.6 Å². The normalized spacial score (nSPS) is 14.7. The molecule has 0 saturated carbocycles. The Balaban J connectivity index is 1.48. The predicted molar refractivity (Wildman–Crippen MR) is 119 cm³/mol. The van der Waals surface area contributed by atoms with Gasteiger partial charge in [0.2, 0.25) is 0 Å². The van der Waals surface area contributed by atoms with E-state index in [1.54, 1.807) is 6.08 Å². The fraction of sp³-hybridized carbons (Fsp3) is 0.360. The van der Waals surface area contributed by atoms with Crippen LogP contribution in [0.5, 0.6) is 11.5 Å². The first-order valence-corrected chi connectivity index (χ1v) is 10.6. The summed E-state index contributed by atoms with van der Waals surface area (Å²) >= 11 is 0. The van der Waals surface area contributed by atoms with Gasteiger partial charge in [-0.1, -0.05) is 24.3 Å². The molecular weight excluding hydrogens is 394 g/mol. The molecule has 0 spiro atoms. The van der Waals surface area contributed by atoms with E-state index >= 15 is 0 Å². The number of hydrogen-bond donors (Lipinski definition) is 1. The lowest BCUT2D eigenvalue weighted by Crippen LogP contribution is -2.30. The van der Waals surface area contributed by atoms with Gasteiger partial charge < -0.3 is 19.5 Å². The monoisotopic (exact) mass is 423 g/mol. The first-order valence-electron chi connectivity index (χ1n) is 10.6. The number of fused-ring (bicyclic) bond motifs is 1. The molecule has 164 valence electrons. The van der Waals surface area contributed by atoms with Crippen molar-refractivity contribution in [3.63, 3.8) is 0 Å². The minimum Gasteiger partial charge on any atom is -0.493 e. The van der Waals surface area contributed by atoms with Gasteiger partial charge in [-0.25, -0.2) is 4.79 Å². The summed E-state index contributed by atoms with van der Waals surface area (Å²) in [6.45, 7) is 6.65. The lowest BCUT2D eigenvalue weighted by Gasteiger charge is -2.10. The fourth-order valence-corrected chi connectivity index (χ4v) is 3.49. The second-order valence-electron chi connectivity index (χ2n) is 7.53. The molecule has 1 amide bonds. The Labute approximate surface area is 183 Å². The number of aryl methyl sites for hydroxylation is 1. The molecule has 1 heterocycles. The average molecular weight is 424 g/mol. The van der Waals surface area contributed by atoms with Gasteiger partial charge in [0, 0.05) is 30.2 Å². The van der Waals surface area contributed by atoms with Gasteiger partial charge in [-0.2, -0.15) is 0 Å². The SMILES string of the molecule is CCOc1cc2c(cc1/C=C/C(=O)OCC(=O)NCCc1ccccc1C)O[C@H](C)C2. The molecule has 0 aliphatic carbocycles. The van der Waals surface area contributed by atoms with Gasteiger partial charge >= 0.3 is 5.97 Å². The first-order chi connectivity index (χ1) is 15.0. The summed E-state index contributed by atoms with van der Waals surface area (Å²) in [6, 6.07) is 11.9. The number of nitrogens with one attached hydrogen (secondary N) is 1. The molecule has 3 rings (SSSR count). The van der Waals surface area contributed by atoms with E-state index in [1.165, 1.54) is 17.2 Å². The van der Waals surface area contributed by atoms with E-state index in [2.05, 4.69) is 5.32 Å². The zero-order valence-corrected chi connectivity index (χ0v) is 18.3. The van der Waals surface area contributed by atoms with E-state index in [4.69, 9.17) is 14.2 Å². The Kier molecular flexibility index (Phi) is 7.70. The predicted octanol–water partition coefficient (Wildman–Crippen LogP) is 3.63. The maximum absolute atomic E-state index is 12.1. The summed E-state index contributed by atoms with van der Waals surface area (Å²) < 4.78 is 16.5. The van der Waals surface area contributed by atoms with Crippen molar-refractivity contribution >= 4 is 18.0 Å². The third-order valence-electron chi connectivity index (χ3n) is 5.05. The van der Waals surface area contributed by atoms with Gasteiger partial charge in [0.1, 0.15) is 17.6 Å².